The summed E-state index contributed by atoms with van der Waals surface area (Å²) in [5.41, 5.74) is 0. The third-order valence-corrected chi connectivity index (χ3v) is 2.17. The van der Waals surface area contributed by atoms with Crippen molar-refractivity contribution in [2.45, 2.75) is 32.7 Å². The SMILES string of the molecule is CCCc1nc(NC)cc(NC(C)CO)n1. The summed E-state index contributed by atoms with van der Waals surface area (Å²) in [6.07, 6.45) is 1.87. The highest BCUT2D eigenvalue weighted by molar-refractivity contribution is 5.47. The van der Waals surface area contributed by atoms with Crippen LogP contribution in [0.1, 0.15) is 26.1 Å². The standard InChI is InChI=1S/C11H20N4O/c1-4-5-9-14-10(12-3)6-11(15-9)13-8(2)7-16/h6,8,16H,4-5,7H2,1-3H3,(H2,12,13,14,15). The minimum atomic E-state index is -0.00548. The van der Waals surface area contributed by atoms with Crippen LogP contribution in [0.15, 0.2) is 6.07 Å². The Bertz CT molecular complexity index is 330. The second kappa shape index (κ2) is 6.27. The molecule has 1 unspecified atom stereocenters. The molecule has 90 valence electrons. The summed E-state index contributed by atoms with van der Waals surface area (Å²) in [5, 5.41) is 15.1. The van der Waals surface area contributed by atoms with Crippen LogP contribution in [-0.2, 0) is 6.42 Å². The number of nitrogens with zero attached hydrogens (tertiary/aromatic N) is 2. The smallest absolute Gasteiger partial charge is 0.133 e. The van der Waals surface area contributed by atoms with Crippen molar-refractivity contribution in [2.75, 3.05) is 24.3 Å². The number of nitrogens with one attached hydrogen (secondary N) is 2. The van der Waals surface area contributed by atoms with Crippen LogP contribution in [0.3, 0.4) is 0 Å². The second-order valence-corrected chi connectivity index (χ2v) is 3.78. The summed E-state index contributed by atoms with van der Waals surface area (Å²) in [6.45, 7) is 4.08. The number of aliphatic hydroxyl groups excluding tert-OH is 1. The molecule has 3 N–H and O–H groups in total. The molecule has 0 amide bonds. The maximum Gasteiger partial charge on any atom is 0.133 e. The van der Waals surface area contributed by atoms with Gasteiger partial charge in [-0.1, -0.05) is 6.92 Å². The van der Waals surface area contributed by atoms with Gasteiger partial charge in [-0.25, -0.2) is 9.97 Å². The van der Waals surface area contributed by atoms with Crippen molar-refractivity contribution in [3.63, 3.8) is 0 Å². The van der Waals surface area contributed by atoms with Crippen molar-refractivity contribution in [1.82, 2.24) is 9.97 Å². The summed E-state index contributed by atoms with van der Waals surface area (Å²) in [6, 6.07) is 1.83. The molecule has 1 atom stereocenters. The monoisotopic (exact) mass is 224 g/mol. The van der Waals surface area contributed by atoms with Gasteiger partial charge in [0.05, 0.1) is 6.61 Å². The minimum absolute atomic E-state index is 0.00548. The summed E-state index contributed by atoms with van der Waals surface area (Å²) in [4.78, 5) is 8.74. The second-order valence-electron chi connectivity index (χ2n) is 3.78. The van der Waals surface area contributed by atoms with Gasteiger partial charge in [0.25, 0.3) is 0 Å². The van der Waals surface area contributed by atoms with Crippen molar-refractivity contribution in [1.29, 1.82) is 0 Å². The quantitative estimate of drug-likeness (QED) is 0.678. The van der Waals surface area contributed by atoms with E-state index in [-0.39, 0.29) is 12.6 Å². The van der Waals surface area contributed by atoms with Crippen LogP contribution in [0.25, 0.3) is 0 Å². The molecule has 1 rings (SSSR count). The predicted molar refractivity (Wildman–Crippen MR) is 65.7 cm³/mol. The van der Waals surface area contributed by atoms with Gasteiger partial charge in [0.15, 0.2) is 0 Å². The van der Waals surface area contributed by atoms with Crippen molar-refractivity contribution < 1.29 is 5.11 Å². The molecule has 0 aliphatic carbocycles. The lowest BCUT2D eigenvalue weighted by Crippen LogP contribution is -2.20. The molecule has 1 aromatic heterocycles. The average molecular weight is 224 g/mol. The van der Waals surface area contributed by atoms with E-state index in [2.05, 4.69) is 27.5 Å². The third kappa shape index (κ3) is 3.66. The number of aliphatic hydroxyl groups is 1. The van der Waals surface area contributed by atoms with Gasteiger partial charge in [-0.2, -0.15) is 0 Å². The van der Waals surface area contributed by atoms with Gasteiger partial charge in [-0.15, -0.1) is 0 Å². The van der Waals surface area contributed by atoms with Gasteiger partial charge < -0.3 is 15.7 Å². The summed E-state index contributed by atoms with van der Waals surface area (Å²) in [5.74, 6) is 2.37. The molecule has 0 saturated heterocycles. The molecule has 0 saturated carbocycles. The van der Waals surface area contributed by atoms with Crippen LogP contribution in [0.2, 0.25) is 0 Å². The first kappa shape index (κ1) is 12.7. The molecule has 1 aromatic rings. The highest BCUT2D eigenvalue weighted by Crippen LogP contribution is 2.12. The lowest BCUT2D eigenvalue weighted by molar-refractivity contribution is 0.281. The molecule has 0 bridgehead atoms. The molecule has 16 heavy (non-hydrogen) atoms. The molecule has 5 heteroatoms. The van der Waals surface area contributed by atoms with Gasteiger partial charge in [0.2, 0.25) is 0 Å². The largest absolute Gasteiger partial charge is 0.394 e. The first-order valence-corrected chi connectivity index (χ1v) is 5.62. The van der Waals surface area contributed by atoms with Crippen LogP contribution in [0.5, 0.6) is 0 Å². The summed E-state index contributed by atoms with van der Waals surface area (Å²) >= 11 is 0. The lowest BCUT2D eigenvalue weighted by atomic mass is 10.3. The van der Waals surface area contributed by atoms with Crippen LogP contribution < -0.4 is 10.6 Å². The van der Waals surface area contributed by atoms with E-state index < -0.39 is 0 Å². The summed E-state index contributed by atoms with van der Waals surface area (Å²) < 4.78 is 0. The van der Waals surface area contributed by atoms with Crippen LogP contribution in [0, 0.1) is 0 Å². The van der Waals surface area contributed by atoms with E-state index in [9.17, 15) is 0 Å². The van der Waals surface area contributed by atoms with Gasteiger partial charge >= 0.3 is 0 Å². The molecule has 0 aromatic carbocycles. The van der Waals surface area contributed by atoms with E-state index in [0.717, 1.165) is 30.3 Å². The highest BCUT2D eigenvalue weighted by atomic mass is 16.3. The van der Waals surface area contributed by atoms with Crippen molar-refractivity contribution in [3.05, 3.63) is 11.9 Å². The molecule has 1 heterocycles. The Morgan fingerprint density at radius 2 is 2.06 bits per heavy atom. The van der Waals surface area contributed by atoms with Gasteiger partial charge in [-0.05, 0) is 13.3 Å². The number of aromatic nitrogens is 2. The normalized spacial score (nSPS) is 12.2. The zero-order valence-electron chi connectivity index (χ0n) is 10.1. The fourth-order valence-corrected chi connectivity index (χ4v) is 1.33. The zero-order chi connectivity index (χ0) is 12.0. The predicted octanol–water partition coefficient (Wildman–Crippen LogP) is 1.26. The van der Waals surface area contributed by atoms with E-state index in [1.807, 2.05) is 20.0 Å². The highest BCUT2D eigenvalue weighted by Gasteiger charge is 2.05. The Hall–Kier alpha value is -1.36. The first-order valence-electron chi connectivity index (χ1n) is 5.62. The van der Waals surface area contributed by atoms with Crippen molar-refractivity contribution >= 4 is 11.6 Å². The van der Waals surface area contributed by atoms with E-state index in [1.54, 1.807) is 0 Å². The minimum Gasteiger partial charge on any atom is -0.394 e. The Labute approximate surface area is 96.3 Å². The van der Waals surface area contributed by atoms with Crippen molar-refractivity contribution in [3.8, 4) is 0 Å². The maximum atomic E-state index is 8.97. The third-order valence-electron chi connectivity index (χ3n) is 2.17. The Balaban J connectivity index is 2.85. The molecule has 0 radical (unpaired) electrons. The number of hydrogen-bond donors (Lipinski definition) is 3. The average Bonchev–Trinajstić information content (AvgIpc) is 2.29. The maximum absolute atomic E-state index is 8.97. The lowest BCUT2D eigenvalue weighted by Gasteiger charge is -2.13. The van der Waals surface area contributed by atoms with E-state index in [4.69, 9.17) is 5.11 Å². The van der Waals surface area contributed by atoms with Gasteiger partial charge in [-0.3, -0.25) is 0 Å². The molecule has 0 aliphatic heterocycles. The number of anilines is 2. The molecular weight excluding hydrogens is 204 g/mol. The van der Waals surface area contributed by atoms with Crippen LogP contribution >= 0.6 is 0 Å². The molecule has 0 fully saturated rings. The Morgan fingerprint density at radius 3 is 2.62 bits per heavy atom. The van der Waals surface area contributed by atoms with Crippen LogP contribution in [0.4, 0.5) is 11.6 Å². The summed E-state index contributed by atoms with van der Waals surface area (Å²) in [7, 11) is 1.83. The number of aryl methyl sites for hydroxylation is 1. The fraction of sp³-hybridized carbons (Fsp3) is 0.636. The van der Waals surface area contributed by atoms with Gasteiger partial charge in [0.1, 0.15) is 17.5 Å². The fourth-order valence-electron chi connectivity index (χ4n) is 1.33. The number of hydrogen-bond acceptors (Lipinski definition) is 5. The molecule has 0 spiro atoms. The zero-order valence-corrected chi connectivity index (χ0v) is 10.1. The Morgan fingerprint density at radius 1 is 1.38 bits per heavy atom. The van der Waals surface area contributed by atoms with E-state index >= 15 is 0 Å². The Kier molecular flexibility index (Phi) is 4.98. The van der Waals surface area contributed by atoms with Gasteiger partial charge in [0, 0.05) is 25.6 Å². The molecule has 5 nitrogen and oxygen atoms in total. The number of rotatable bonds is 6. The van der Waals surface area contributed by atoms with Crippen LogP contribution in [-0.4, -0.2) is 34.8 Å². The molecular formula is C11H20N4O. The van der Waals surface area contributed by atoms with E-state index in [0.29, 0.717) is 0 Å². The topological polar surface area (TPSA) is 70.1 Å². The first-order chi connectivity index (χ1) is 7.69. The molecule has 0 aliphatic rings. The van der Waals surface area contributed by atoms with Crippen molar-refractivity contribution in [2.24, 2.45) is 0 Å². The van der Waals surface area contributed by atoms with E-state index in [1.165, 1.54) is 0 Å².